The van der Waals surface area contributed by atoms with Crippen molar-refractivity contribution in [2.45, 2.75) is 13.0 Å². The third-order valence-electron chi connectivity index (χ3n) is 2.76. The molecule has 2 rings (SSSR count). The van der Waals surface area contributed by atoms with Crippen LogP contribution in [0.1, 0.15) is 26.3 Å². The van der Waals surface area contributed by atoms with E-state index >= 15 is 0 Å². The highest BCUT2D eigenvalue weighted by atomic mass is 79.9. The number of amides is 1. The van der Waals surface area contributed by atoms with Crippen LogP contribution >= 0.6 is 27.3 Å². The monoisotopic (exact) mass is 368 g/mol. The number of hydrogen-bond acceptors (Lipinski definition) is 5. The summed E-state index contributed by atoms with van der Waals surface area (Å²) in [6, 6.07) is 6.26. The summed E-state index contributed by atoms with van der Waals surface area (Å²) in [5.74, 6) is -0.870. The Kier molecular flexibility index (Phi) is 5.08. The second-order valence-corrected chi connectivity index (χ2v) is 6.38. The summed E-state index contributed by atoms with van der Waals surface area (Å²) >= 11 is 4.60. The van der Waals surface area contributed by atoms with Gasteiger partial charge in [0.05, 0.1) is 18.3 Å². The van der Waals surface area contributed by atoms with Crippen LogP contribution in [0.25, 0.3) is 0 Å². The first kappa shape index (κ1) is 15.7. The molecule has 0 bridgehead atoms. The van der Waals surface area contributed by atoms with Gasteiger partial charge < -0.3 is 10.1 Å². The Labute approximate surface area is 134 Å². The third kappa shape index (κ3) is 3.89. The van der Waals surface area contributed by atoms with Gasteiger partial charge in [-0.25, -0.2) is 9.78 Å². The van der Waals surface area contributed by atoms with Crippen LogP contribution in [0.5, 0.6) is 0 Å². The first-order valence-electron chi connectivity index (χ1n) is 6.08. The molecule has 2 aromatic rings. The van der Waals surface area contributed by atoms with Gasteiger partial charge in [-0.15, -0.1) is 11.3 Å². The molecule has 0 saturated carbocycles. The van der Waals surface area contributed by atoms with Gasteiger partial charge in [0, 0.05) is 4.47 Å². The lowest BCUT2D eigenvalue weighted by Gasteiger charge is -2.16. The van der Waals surface area contributed by atoms with Crippen molar-refractivity contribution >= 4 is 39.1 Å². The number of nitrogens with one attached hydrogen (secondary N) is 1. The molecule has 0 aliphatic rings. The van der Waals surface area contributed by atoms with Gasteiger partial charge in [0.25, 0.3) is 5.91 Å². The maximum Gasteiger partial charge on any atom is 0.333 e. The van der Waals surface area contributed by atoms with Crippen LogP contribution in [0.3, 0.4) is 0 Å². The van der Waals surface area contributed by atoms with E-state index in [2.05, 4.69) is 26.2 Å². The summed E-state index contributed by atoms with van der Waals surface area (Å²) < 4.78 is 5.65. The predicted molar refractivity (Wildman–Crippen MR) is 83.2 cm³/mol. The Morgan fingerprint density at radius 3 is 2.52 bits per heavy atom. The molecule has 7 heteroatoms. The minimum atomic E-state index is -0.849. The average molecular weight is 369 g/mol. The number of aromatic nitrogens is 1. The fourth-order valence-electron chi connectivity index (χ4n) is 1.72. The fourth-order valence-corrected chi connectivity index (χ4v) is 2.67. The number of carbonyl (C=O) groups is 2. The van der Waals surface area contributed by atoms with E-state index in [1.165, 1.54) is 24.6 Å². The molecule has 0 saturated heterocycles. The zero-order chi connectivity index (χ0) is 15.4. The molecular weight excluding hydrogens is 356 g/mol. The molecule has 110 valence electrons. The van der Waals surface area contributed by atoms with E-state index in [9.17, 15) is 9.59 Å². The van der Waals surface area contributed by atoms with E-state index in [1.54, 1.807) is 24.3 Å². The normalized spacial score (nSPS) is 11.8. The zero-order valence-corrected chi connectivity index (χ0v) is 13.8. The van der Waals surface area contributed by atoms with Crippen LogP contribution in [0, 0.1) is 6.92 Å². The van der Waals surface area contributed by atoms with Crippen molar-refractivity contribution < 1.29 is 14.3 Å². The Hall–Kier alpha value is -1.73. The number of thiazole rings is 1. The van der Waals surface area contributed by atoms with Crippen molar-refractivity contribution in [1.29, 1.82) is 0 Å². The molecule has 0 aliphatic heterocycles. The van der Waals surface area contributed by atoms with E-state index in [-0.39, 0.29) is 5.91 Å². The molecule has 1 N–H and O–H groups in total. The number of halogens is 1. The van der Waals surface area contributed by atoms with Gasteiger partial charge in [0.15, 0.2) is 6.04 Å². The maximum absolute atomic E-state index is 12.2. The highest BCUT2D eigenvalue weighted by Crippen LogP contribution is 2.20. The molecule has 0 radical (unpaired) electrons. The van der Waals surface area contributed by atoms with Crippen LogP contribution in [-0.2, 0) is 9.53 Å². The molecule has 0 aliphatic carbocycles. The molecule has 1 aromatic heterocycles. The summed E-state index contributed by atoms with van der Waals surface area (Å²) in [6.07, 6.45) is 1.49. The summed E-state index contributed by atoms with van der Waals surface area (Å²) in [5, 5.41) is 3.46. The van der Waals surface area contributed by atoms with E-state index in [1.807, 2.05) is 6.92 Å². The average Bonchev–Trinajstić information content (AvgIpc) is 2.91. The summed E-state index contributed by atoms with van der Waals surface area (Å²) in [5.41, 5.74) is 0.652. The number of aryl methyl sites for hydroxylation is 1. The van der Waals surface area contributed by atoms with Crippen molar-refractivity contribution in [3.8, 4) is 0 Å². The Bertz CT molecular complexity index is 654. The molecule has 0 spiro atoms. The zero-order valence-electron chi connectivity index (χ0n) is 11.4. The minimum absolute atomic E-state index is 0.348. The smallest absolute Gasteiger partial charge is 0.333 e. The molecule has 21 heavy (non-hydrogen) atoms. The maximum atomic E-state index is 12.2. The summed E-state index contributed by atoms with van der Waals surface area (Å²) in [6.45, 7) is 1.81. The number of nitrogens with zero attached hydrogens (tertiary/aromatic N) is 1. The Morgan fingerprint density at radius 1 is 1.33 bits per heavy atom. The third-order valence-corrected chi connectivity index (χ3v) is 4.20. The van der Waals surface area contributed by atoms with Crippen LogP contribution in [0.2, 0.25) is 0 Å². The fraction of sp³-hybridized carbons (Fsp3) is 0.214. The lowest BCUT2D eigenvalue weighted by molar-refractivity contribution is -0.143. The van der Waals surface area contributed by atoms with Gasteiger partial charge in [0.1, 0.15) is 4.88 Å². The van der Waals surface area contributed by atoms with Gasteiger partial charge in [-0.3, -0.25) is 4.79 Å². The number of ether oxygens (including phenoxy) is 1. The molecule has 1 amide bonds. The quantitative estimate of drug-likeness (QED) is 0.842. The van der Waals surface area contributed by atoms with Crippen molar-refractivity contribution in [2.24, 2.45) is 0 Å². The highest BCUT2D eigenvalue weighted by molar-refractivity contribution is 9.10. The number of rotatable bonds is 4. The molecule has 1 aromatic carbocycles. The van der Waals surface area contributed by atoms with Gasteiger partial charge >= 0.3 is 5.97 Å². The minimum Gasteiger partial charge on any atom is -0.467 e. The van der Waals surface area contributed by atoms with E-state index < -0.39 is 12.0 Å². The van der Waals surface area contributed by atoms with Crippen LogP contribution in [0.15, 0.2) is 34.9 Å². The van der Waals surface area contributed by atoms with Crippen LogP contribution in [0.4, 0.5) is 0 Å². The molecule has 0 fully saturated rings. The molecule has 1 heterocycles. The van der Waals surface area contributed by atoms with Gasteiger partial charge in [-0.05, 0) is 24.6 Å². The lowest BCUT2D eigenvalue weighted by Crippen LogP contribution is -2.34. The molecular formula is C14H13BrN2O3S. The topological polar surface area (TPSA) is 68.3 Å². The van der Waals surface area contributed by atoms with Crippen molar-refractivity contribution in [1.82, 2.24) is 10.3 Å². The standard InChI is InChI=1S/C14H13BrN2O3S/c1-8-16-7-11(21-8)13(18)17-12(14(19)20-2)9-3-5-10(15)6-4-9/h3-7,12H,1-2H3,(H,17,18). The van der Waals surface area contributed by atoms with Crippen molar-refractivity contribution in [3.05, 3.63) is 50.4 Å². The van der Waals surface area contributed by atoms with E-state index in [4.69, 9.17) is 4.74 Å². The van der Waals surface area contributed by atoms with Crippen molar-refractivity contribution in [2.75, 3.05) is 7.11 Å². The number of carbonyl (C=O) groups excluding carboxylic acids is 2. The summed E-state index contributed by atoms with van der Waals surface area (Å²) in [4.78, 5) is 28.6. The number of esters is 1. The Morgan fingerprint density at radius 2 is 2.00 bits per heavy atom. The predicted octanol–water partition coefficient (Wildman–Crippen LogP) is 2.86. The lowest BCUT2D eigenvalue weighted by atomic mass is 10.1. The number of hydrogen-bond donors (Lipinski definition) is 1. The number of methoxy groups -OCH3 is 1. The highest BCUT2D eigenvalue weighted by Gasteiger charge is 2.24. The van der Waals surface area contributed by atoms with Crippen molar-refractivity contribution in [3.63, 3.8) is 0 Å². The SMILES string of the molecule is COC(=O)C(NC(=O)c1cnc(C)s1)c1ccc(Br)cc1. The second kappa shape index (κ2) is 6.82. The van der Waals surface area contributed by atoms with E-state index in [0.717, 1.165) is 9.48 Å². The number of benzene rings is 1. The second-order valence-electron chi connectivity index (χ2n) is 4.22. The van der Waals surface area contributed by atoms with Gasteiger partial charge in [-0.2, -0.15) is 0 Å². The molecule has 1 unspecified atom stereocenters. The van der Waals surface area contributed by atoms with Crippen LogP contribution in [-0.4, -0.2) is 24.0 Å². The largest absolute Gasteiger partial charge is 0.467 e. The first-order valence-corrected chi connectivity index (χ1v) is 7.69. The van der Waals surface area contributed by atoms with E-state index in [0.29, 0.717) is 10.4 Å². The molecule has 1 atom stereocenters. The first-order chi connectivity index (χ1) is 10.0. The summed E-state index contributed by atoms with van der Waals surface area (Å²) in [7, 11) is 1.29. The van der Waals surface area contributed by atoms with Gasteiger partial charge in [0.2, 0.25) is 0 Å². The molecule has 5 nitrogen and oxygen atoms in total. The Balaban J connectivity index is 2.23. The van der Waals surface area contributed by atoms with Gasteiger partial charge in [-0.1, -0.05) is 28.1 Å². The van der Waals surface area contributed by atoms with Crippen LogP contribution < -0.4 is 5.32 Å².